The molecule has 1 unspecified atom stereocenters. The molecule has 0 aliphatic carbocycles. The zero-order chi connectivity index (χ0) is 46.2. The van der Waals surface area contributed by atoms with Crippen LogP contribution < -0.4 is 61.8 Å². The van der Waals surface area contributed by atoms with E-state index in [9.17, 15) is 65.0 Å². The number of rotatable bonds is 15. The first-order valence-electron chi connectivity index (χ1n) is 17.6. The number of benzene rings is 3. The molecule has 0 radical (unpaired) electrons. The Balaban J connectivity index is 0. The van der Waals surface area contributed by atoms with Crippen LogP contribution in [0.1, 0.15) is 70.6 Å². The summed E-state index contributed by atoms with van der Waals surface area (Å²) in [5.74, 6) is -9.59. The molecule has 1 atom stereocenters. The Morgan fingerprint density at radius 1 is 0.656 bits per heavy atom. The fourth-order valence-electron chi connectivity index (χ4n) is 4.32. The number of hydrogen-bond acceptors (Lipinski definition) is 11. The van der Waals surface area contributed by atoms with E-state index in [2.05, 4.69) is 14.8 Å². The van der Waals surface area contributed by atoms with Crippen LogP contribution in [0.4, 0.5) is 31.1 Å². The maximum atomic E-state index is 13.6. The van der Waals surface area contributed by atoms with Crippen molar-refractivity contribution in [3.63, 3.8) is 0 Å². The van der Waals surface area contributed by atoms with Gasteiger partial charge in [-0.25, -0.2) is 31.1 Å². The van der Waals surface area contributed by atoms with E-state index in [1.165, 1.54) is 0 Å². The smallest absolute Gasteiger partial charge is 0.550 e. The van der Waals surface area contributed by atoms with Gasteiger partial charge in [-0.05, 0) is 107 Å². The van der Waals surface area contributed by atoms with Crippen LogP contribution in [0.15, 0.2) is 54.6 Å². The summed E-state index contributed by atoms with van der Waals surface area (Å²) < 4.78 is 91.8. The van der Waals surface area contributed by atoms with Crippen molar-refractivity contribution in [2.75, 3.05) is 13.2 Å². The molecule has 0 saturated carbocycles. The van der Waals surface area contributed by atoms with E-state index in [1.54, 1.807) is 34.6 Å². The molecule has 21 heteroatoms. The Hall–Kier alpha value is -4.83. The van der Waals surface area contributed by atoms with Gasteiger partial charge in [-0.1, -0.05) is 0 Å². The van der Waals surface area contributed by atoms with Crippen LogP contribution in [-0.4, -0.2) is 76.8 Å². The van der Waals surface area contributed by atoms with Crippen molar-refractivity contribution in [1.82, 2.24) is 5.32 Å². The summed E-state index contributed by atoms with van der Waals surface area (Å²) in [6.07, 6.45) is -3.30. The first kappa shape index (κ1) is 58.3. The number of carboxylic acids is 3. The molecule has 0 fully saturated rings. The zero-order valence-corrected chi connectivity index (χ0v) is 37.2. The minimum Gasteiger partial charge on any atom is -0.550 e. The number of halogens is 6. The van der Waals surface area contributed by atoms with Crippen LogP contribution in [-0.2, 0) is 62.2 Å². The molecule has 0 spiro atoms. The molecule has 0 saturated heterocycles. The third-order valence-corrected chi connectivity index (χ3v) is 6.60. The normalized spacial score (nSPS) is 10.5. The molecule has 14 nitrogen and oxygen atoms in total. The fourth-order valence-corrected chi connectivity index (χ4v) is 4.32. The van der Waals surface area contributed by atoms with E-state index >= 15 is 0 Å². The van der Waals surface area contributed by atoms with Gasteiger partial charge in [-0.2, -0.15) is 0 Å². The van der Waals surface area contributed by atoms with Crippen LogP contribution in [0.25, 0.3) is 0 Å². The van der Waals surface area contributed by atoms with Gasteiger partial charge in [0.1, 0.15) is 52.7 Å². The number of carboxylic acid groups (broad SMARTS) is 3. The molecule has 330 valence electrons. The van der Waals surface area contributed by atoms with Crippen molar-refractivity contribution in [2.24, 2.45) is 0 Å². The molecule has 0 aromatic heterocycles. The number of ketones is 1. The van der Waals surface area contributed by atoms with Gasteiger partial charge in [0.2, 0.25) is 0 Å². The van der Waals surface area contributed by atoms with E-state index < -0.39 is 114 Å². The molecular weight excluding hydrogens is 856 g/mol. The third-order valence-electron chi connectivity index (χ3n) is 6.60. The van der Waals surface area contributed by atoms with Gasteiger partial charge < -0.3 is 39.6 Å². The van der Waals surface area contributed by atoms with E-state index in [0.717, 1.165) is 54.6 Å². The number of esters is 2. The van der Waals surface area contributed by atoms with Gasteiger partial charge in [0.05, 0.1) is 38.4 Å². The molecule has 0 heterocycles. The predicted molar refractivity (Wildman–Crippen MR) is 196 cm³/mol. The number of carbonyl (C=O) groups excluding carboxylic acids is 5. The maximum absolute atomic E-state index is 13.6. The average Bonchev–Trinajstić information content (AvgIpc) is 3.09. The standard InChI is InChI=1S/C15H19F2NO4.C12H12F2O3.C8H6F2O2.C5H8O4.K/c1-15(2,3)22-14(21)18-11(8-13(19)20)7-9-6-10(16)4-5-12(9)17;1-2-17-12(16)7-10(15)6-8-5-9(13)3-4-11(8)14;9-6-1-2-7(10)5(3-6)4-8(11)12;1-2-9-5(8)3-4(6)7;/h4-6,11H,7-8H2,1-3H3,(H,18,21)(H,19,20);3-5H,2,6-7H2,1H3;1-3H,4H2,(H,11,12);2-3H2,1H3,(H,6,7);/q;;;;+1/p-1. The number of carbonyl (C=O) groups is 7. The van der Waals surface area contributed by atoms with Gasteiger partial charge in [0.25, 0.3) is 0 Å². The second-order valence-electron chi connectivity index (χ2n) is 13.0. The molecule has 3 aromatic rings. The van der Waals surface area contributed by atoms with Gasteiger partial charge in [-0.3, -0.25) is 24.0 Å². The quantitative estimate of drug-likeness (QED) is 0.0656. The summed E-state index contributed by atoms with van der Waals surface area (Å²) in [6, 6.07) is 7.57. The summed E-state index contributed by atoms with van der Waals surface area (Å²) in [5.41, 5.74) is -0.953. The Bertz CT molecular complexity index is 1940. The minimum absolute atomic E-state index is 0. The summed E-state index contributed by atoms with van der Waals surface area (Å²) >= 11 is 0. The Morgan fingerprint density at radius 3 is 1.46 bits per heavy atom. The molecule has 61 heavy (non-hydrogen) atoms. The summed E-state index contributed by atoms with van der Waals surface area (Å²) in [7, 11) is 0. The second kappa shape index (κ2) is 30.2. The molecule has 3 N–H and O–H groups in total. The Morgan fingerprint density at radius 2 is 1.07 bits per heavy atom. The van der Waals surface area contributed by atoms with Crippen LogP contribution in [0, 0.1) is 34.9 Å². The van der Waals surface area contributed by atoms with Crippen molar-refractivity contribution in [3.8, 4) is 0 Å². The van der Waals surface area contributed by atoms with Crippen molar-refractivity contribution < 1.29 is 141 Å². The number of hydrogen-bond donors (Lipinski definition) is 3. The van der Waals surface area contributed by atoms with Gasteiger partial charge in [-0.15, -0.1) is 0 Å². The van der Waals surface area contributed by atoms with Crippen molar-refractivity contribution in [3.05, 3.63) is 106 Å². The molecule has 0 aliphatic rings. The number of amides is 1. The predicted octanol–water partition coefficient (Wildman–Crippen LogP) is 2.19. The molecular formula is C40H44F6KNO13. The number of aliphatic carboxylic acids is 3. The van der Waals surface area contributed by atoms with Gasteiger partial charge in [0.15, 0.2) is 0 Å². The zero-order valence-electron chi connectivity index (χ0n) is 34.1. The van der Waals surface area contributed by atoms with Crippen molar-refractivity contribution in [2.45, 2.75) is 84.8 Å². The van der Waals surface area contributed by atoms with Crippen LogP contribution in [0.3, 0.4) is 0 Å². The van der Waals surface area contributed by atoms with Crippen LogP contribution in [0.2, 0.25) is 0 Å². The molecule has 1 amide bonds. The largest absolute Gasteiger partial charge is 1.00 e. The van der Waals surface area contributed by atoms with Crippen molar-refractivity contribution >= 4 is 41.7 Å². The number of nitrogens with one attached hydrogen (secondary N) is 1. The average molecular weight is 900 g/mol. The first-order chi connectivity index (χ1) is 27.8. The molecule has 0 bridgehead atoms. The van der Waals surface area contributed by atoms with E-state index in [1.807, 2.05) is 0 Å². The number of alkyl carbamates (subject to hydrolysis) is 1. The SMILES string of the molecule is CC(C)(C)OC(=O)NC(CC(=O)O)Cc1cc(F)ccc1F.CCOC(=O)CC(=O)Cc1cc(F)ccc1F.CCOC(=O)CC(=O)[O-].O=C(O)Cc1cc(F)ccc1F.[K+]. The summed E-state index contributed by atoms with van der Waals surface area (Å²) in [4.78, 5) is 74.9. The molecule has 0 aliphatic heterocycles. The summed E-state index contributed by atoms with van der Waals surface area (Å²) in [5, 5.41) is 29.2. The third kappa shape index (κ3) is 29.1. The second-order valence-corrected chi connectivity index (χ2v) is 13.0. The first-order valence-corrected chi connectivity index (χ1v) is 17.6. The molecule has 3 rings (SSSR count). The molecule has 3 aromatic carbocycles. The van der Waals surface area contributed by atoms with E-state index in [-0.39, 0.29) is 94.1 Å². The minimum atomic E-state index is -1.41. The van der Waals surface area contributed by atoms with Crippen LogP contribution in [0.5, 0.6) is 0 Å². The number of ether oxygens (including phenoxy) is 3. The van der Waals surface area contributed by atoms with Crippen molar-refractivity contribution in [1.29, 1.82) is 0 Å². The van der Waals surface area contributed by atoms with E-state index in [4.69, 9.17) is 14.9 Å². The summed E-state index contributed by atoms with van der Waals surface area (Å²) in [6.45, 7) is 8.58. The maximum Gasteiger partial charge on any atom is 1.00 e. The monoisotopic (exact) mass is 899 g/mol. The number of Topliss-reactive ketones (excluding diaryl/α,β-unsaturated/α-hetero) is 1. The van der Waals surface area contributed by atoms with Gasteiger partial charge in [0, 0.05) is 18.0 Å². The van der Waals surface area contributed by atoms with Gasteiger partial charge >= 0.3 is 81.4 Å². The van der Waals surface area contributed by atoms with E-state index in [0.29, 0.717) is 0 Å². The fraction of sp³-hybridized carbons (Fsp3) is 0.375. The Labute approximate surface area is 389 Å². The van der Waals surface area contributed by atoms with Crippen LogP contribution >= 0.6 is 0 Å². The Kier molecular flexibility index (Phi) is 28.9. The topological polar surface area (TPSA) is 223 Å².